The molecule has 0 bridgehead atoms. The molecule has 0 aromatic heterocycles. The SMILES string of the molecule is [2H]c1cc(C)cc([2H])c1-c1cccc2ccccc12. The van der Waals surface area contributed by atoms with Gasteiger partial charge >= 0.3 is 0 Å². The van der Waals surface area contributed by atoms with Crippen molar-refractivity contribution in [3.63, 3.8) is 0 Å². The first kappa shape index (κ1) is 8.08. The molecule has 0 unspecified atom stereocenters. The maximum absolute atomic E-state index is 8.15. The summed E-state index contributed by atoms with van der Waals surface area (Å²) in [5.74, 6) is 0. The average molecular weight is 220 g/mol. The quantitative estimate of drug-likeness (QED) is 0.551. The largest absolute Gasteiger partial charge is 0.0629 e. The van der Waals surface area contributed by atoms with E-state index >= 15 is 0 Å². The first-order chi connectivity index (χ1) is 9.16. The lowest BCUT2D eigenvalue weighted by molar-refractivity contribution is 1.47. The maximum Gasteiger partial charge on any atom is 0.0629 e. The summed E-state index contributed by atoms with van der Waals surface area (Å²) < 4.78 is 16.3. The molecule has 0 nitrogen and oxygen atoms in total. The highest BCUT2D eigenvalue weighted by Crippen LogP contribution is 2.28. The third-order valence-corrected chi connectivity index (χ3v) is 2.95. The summed E-state index contributed by atoms with van der Waals surface area (Å²) in [5.41, 5.74) is 2.63. The maximum atomic E-state index is 8.15. The van der Waals surface area contributed by atoms with E-state index < -0.39 is 0 Å². The van der Waals surface area contributed by atoms with E-state index in [1.165, 1.54) is 0 Å². The van der Waals surface area contributed by atoms with Gasteiger partial charge in [0.15, 0.2) is 0 Å². The van der Waals surface area contributed by atoms with Gasteiger partial charge in [0.1, 0.15) is 0 Å². The van der Waals surface area contributed by atoms with Gasteiger partial charge in [0.25, 0.3) is 0 Å². The van der Waals surface area contributed by atoms with Crippen LogP contribution < -0.4 is 0 Å². The van der Waals surface area contributed by atoms with Crippen LogP contribution in [0.25, 0.3) is 21.9 Å². The van der Waals surface area contributed by atoms with Gasteiger partial charge in [0.2, 0.25) is 0 Å². The topological polar surface area (TPSA) is 0 Å². The Kier molecular flexibility index (Phi) is 1.93. The number of hydrogen-bond acceptors (Lipinski definition) is 0. The van der Waals surface area contributed by atoms with Gasteiger partial charge in [-0.15, -0.1) is 0 Å². The van der Waals surface area contributed by atoms with Gasteiger partial charge in [-0.3, -0.25) is 0 Å². The van der Waals surface area contributed by atoms with E-state index in [4.69, 9.17) is 2.74 Å². The van der Waals surface area contributed by atoms with Gasteiger partial charge in [0, 0.05) is 0 Å². The van der Waals surface area contributed by atoms with Crippen molar-refractivity contribution in [1.82, 2.24) is 0 Å². The molecule has 3 aromatic carbocycles. The zero-order valence-electron chi connectivity index (χ0n) is 11.7. The Bertz CT molecular complexity index is 732. The van der Waals surface area contributed by atoms with E-state index in [1.54, 1.807) is 0 Å². The smallest absolute Gasteiger partial charge is 0.0616 e. The highest BCUT2D eigenvalue weighted by atomic mass is 14.1. The van der Waals surface area contributed by atoms with Crippen molar-refractivity contribution in [3.05, 3.63) is 72.2 Å². The molecule has 0 atom stereocenters. The second-order valence-corrected chi connectivity index (χ2v) is 4.22. The molecular weight excluding hydrogens is 204 g/mol. The Morgan fingerprint density at radius 1 is 0.824 bits per heavy atom. The first-order valence-electron chi connectivity index (χ1n) is 6.73. The van der Waals surface area contributed by atoms with Crippen molar-refractivity contribution in [2.75, 3.05) is 0 Å². The summed E-state index contributed by atoms with van der Waals surface area (Å²) in [5, 5.41) is 2.23. The summed E-state index contributed by atoms with van der Waals surface area (Å²) in [6.45, 7) is 1.92. The molecule has 0 radical (unpaired) electrons. The molecule has 3 rings (SSSR count). The molecule has 0 heteroatoms. The third-order valence-electron chi connectivity index (χ3n) is 2.95. The van der Waals surface area contributed by atoms with Crippen LogP contribution in [0.3, 0.4) is 0 Å². The normalized spacial score (nSPS) is 12.3. The van der Waals surface area contributed by atoms with E-state index in [0.29, 0.717) is 17.6 Å². The Labute approximate surface area is 104 Å². The van der Waals surface area contributed by atoms with E-state index in [-0.39, 0.29) is 0 Å². The van der Waals surface area contributed by atoms with Gasteiger partial charge in [-0.2, -0.15) is 0 Å². The lowest BCUT2D eigenvalue weighted by Gasteiger charge is -2.07. The fourth-order valence-corrected chi connectivity index (χ4v) is 2.05. The van der Waals surface area contributed by atoms with Gasteiger partial charge in [-0.1, -0.05) is 72.2 Å². The zero-order valence-corrected chi connectivity index (χ0v) is 9.70. The second-order valence-electron chi connectivity index (χ2n) is 4.22. The summed E-state index contributed by atoms with van der Waals surface area (Å²) in [6, 6.07) is 18.6. The summed E-state index contributed by atoms with van der Waals surface area (Å²) in [7, 11) is 0. The van der Waals surface area contributed by atoms with Crippen molar-refractivity contribution < 1.29 is 2.74 Å². The van der Waals surface area contributed by atoms with Crippen molar-refractivity contribution in [2.45, 2.75) is 6.92 Å². The van der Waals surface area contributed by atoms with E-state index in [1.807, 2.05) is 49.4 Å². The standard InChI is InChI=1S/C17H14/c1-13-9-11-15(12-10-13)17-8-4-6-14-5-2-3-7-16(14)17/h2-12H,1H3/i11D,12D. The van der Waals surface area contributed by atoms with Crippen molar-refractivity contribution in [2.24, 2.45) is 0 Å². The van der Waals surface area contributed by atoms with Crippen molar-refractivity contribution in [1.29, 1.82) is 0 Å². The second kappa shape index (κ2) is 4.06. The summed E-state index contributed by atoms with van der Waals surface area (Å²) in [6.07, 6.45) is 0. The third kappa shape index (κ3) is 1.83. The molecule has 0 N–H and O–H groups in total. The van der Waals surface area contributed by atoms with Crippen molar-refractivity contribution in [3.8, 4) is 11.1 Å². The monoisotopic (exact) mass is 220 g/mol. The first-order valence-corrected chi connectivity index (χ1v) is 5.73. The van der Waals surface area contributed by atoms with Crippen LogP contribution in [0.2, 0.25) is 0 Å². The van der Waals surface area contributed by atoms with Crippen LogP contribution in [-0.2, 0) is 0 Å². The zero-order chi connectivity index (χ0) is 13.4. The van der Waals surface area contributed by atoms with E-state index in [9.17, 15) is 0 Å². The van der Waals surface area contributed by atoms with E-state index in [0.717, 1.165) is 21.9 Å². The molecule has 0 aliphatic rings. The van der Waals surface area contributed by atoms with Gasteiger partial charge in [-0.25, -0.2) is 0 Å². The predicted octanol–water partition coefficient (Wildman–Crippen LogP) is 4.82. The molecule has 3 aromatic rings. The number of hydrogen-bond donors (Lipinski definition) is 0. The molecule has 0 heterocycles. The summed E-state index contributed by atoms with van der Waals surface area (Å²) in [4.78, 5) is 0. The molecule has 0 saturated heterocycles. The molecular formula is C17H14. The molecule has 0 saturated carbocycles. The molecule has 0 amide bonds. The number of rotatable bonds is 1. The fourth-order valence-electron chi connectivity index (χ4n) is 2.05. The number of fused-ring (bicyclic) bond motifs is 1. The van der Waals surface area contributed by atoms with Gasteiger partial charge in [0.05, 0.1) is 2.74 Å². The van der Waals surface area contributed by atoms with Gasteiger partial charge in [-0.05, 0) is 28.8 Å². The lowest BCUT2D eigenvalue weighted by Crippen LogP contribution is -1.81. The van der Waals surface area contributed by atoms with Crippen LogP contribution in [0, 0.1) is 6.92 Å². The van der Waals surface area contributed by atoms with Gasteiger partial charge < -0.3 is 0 Å². The summed E-state index contributed by atoms with van der Waals surface area (Å²) >= 11 is 0. The predicted molar refractivity (Wildman–Crippen MR) is 74.1 cm³/mol. The minimum Gasteiger partial charge on any atom is -0.0616 e. The molecule has 0 fully saturated rings. The van der Waals surface area contributed by atoms with Crippen LogP contribution in [0.4, 0.5) is 0 Å². The minimum atomic E-state index is 0.418. The van der Waals surface area contributed by atoms with Crippen LogP contribution >= 0.6 is 0 Å². The highest BCUT2D eigenvalue weighted by molar-refractivity contribution is 5.96. The van der Waals surface area contributed by atoms with E-state index in [2.05, 4.69) is 12.1 Å². The van der Waals surface area contributed by atoms with Crippen molar-refractivity contribution >= 4 is 10.8 Å². The molecule has 0 aliphatic heterocycles. The Morgan fingerprint density at radius 3 is 2.35 bits per heavy atom. The minimum absolute atomic E-state index is 0.418. The van der Waals surface area contributed by atoms with Crippen LogP contribution in [-0.4, -0.2) is 0 Å². The molecule has 0 spiro atoms. The molecule has 0 aliphatic carbocycles. The highest BCUT2D eigenvalue weighted by Gasteiger charge is 2.02. The van der Waals surface area contributed by atoms with Crippen LogP contribution in [0.15, 0.2) is 66.7 Å². The Morgan fingerprint density at radius 2 is 1.53 bits per heavy atom. The molecule has 82 valence electrons. The number of aryl methyl sites for hydroxylation is 1. The Balaban J connectivity index is 2.37. The average Bonchev–Trinajstić information content (AvgIpc) is 2.38. The molecule has 17 heavy (non-hydrogen) atoms. The fraction of sp³-hybridized carbons (Fsp3) is 0.0588. The number of benzene rings is 3. The van der Waals surface area contributed by atoms with Crippen LogP contribution in [0.1, 0.15) is 8.30 Å². The lowest BCUT2D eigenvalue weighted by atomic mass is 9.98. The Hall–Kier alpha value is -2.08. The van der Waals surface area contributed by atoms with Crippen LogP contribution in [0.5, 0.6) is 0 Å².